The summed E-state index contributed by atoms with van der Waals surface area (Å²) in [4.78, 5) is 0. The molecule has 0 aromatic rings. The monoisotopic (exact) mass is 245 g/mol. The van der Waals surface area contributed by atoms with Crippen molar-refractivity contribution in [2.24, 2.45) is 0 Å². The molecule has 0 saturated heterocycles. The predicted octanol–water partition coefficient (Wildman–Crippen LogP) is 4.59. The van der Waals surface area contributed by atoms with Crippen molar-refractivity contribution < 1.29 is 0 Å². The lowest BCUT2D eigenvalue weighted by Gasteiger charge is -2.38. The Hall–Kier alpha value is 0.394. The molecule has 0 aromatic heterocycles. The van der Waals surface area contributed by atoms with E-state index in [0.717, 1.165) is 0 Å². The minimum absolute atomic E-state index is 1.11. The van der Waals surface area contributed by atoms with E-state index in [2.05, 4.69) is 45.4 Å². The lowest BCUT2D eigenvalue weighted by molar-refractivity contribution is 0.963. The molecule has 1 N–H and O–H groups in total. The molecule has 0 aliphatic rings. The molecule has 1 nitrogen and oxygen atoms in total. The van der Waals surface area contributed by atoms with E-state index in [1.54, 1.807) is 0 Å². The molecule has 0 heterocycles. The lowest BCUT2D eigenvalue weighted by Crippen LogP contribution is -2.61. The first kappa shape index (κ1) is 15.4. The third-order valence-electron chi connectivity index (χ3n) is 3.77. The van der Waals surface area contributed by atoms with E-state index in [-0.39, 0.29) is 0 Å². The standard InChI is InChI=1S/C12H31NSi2/c1-7-11-14(5,9-3)13-15(6,10-4)12-8-2/h13H,7-12H2,1-6H3. The van der Waals surface area contributed by atoms with E-state index < -0.39 is 16.5 Å². The molecule has 0 saturated carbocycles. The van der Waals surface area contributed by atoms with Gasteiger partial charge in [-0.1, -0.05) is 53.6 Å². The number of nitrogens with one attached hydrogen (secondary N) is 1. The van der Waals surface area contributed by atoms with Crippen LogP contribution >= 0.6 is 0 Å². The van der Waals surface area contributed by atoms with Gasteiger partial charge in [-0.25, -0.2) is 0 Å². The summed E-state index contributed by atoms with van der Waals surface area (Å²) in [6.45, 7) is 14.5. The Bertz CT molecular complexity index is 157. The van der Waals surface area contributed by atoms with Crippen LogP contribution in [-0.4, -0.2) is 16.5 Å². The van der Waals surface area contributed by atoms with Crippen LogP contribution in [0.3, 0.4) is 0 Å². The van der Waals surface area contributed by atoms with Gasteiger partial charge in [-0.3, -0.25) is 0 Å². The summed E-state index contributed by atoms with van der Waals surface area (Å²) in [5.41, 5.74) is 0. The van der Waals surface area contributed by atoms with Gasteiger partial charge in [-0.15, -0.1) is 0 Å². The minimum atomic E-state index is -1.11. The zero-order valence-electron chi connectivity index (χ0n) is 11.7. The van der Waals surface area contributed by atoms with Gasteiger partial charge in [0.2, 0.25) is 0 Å². The summed E-state index contributed by atoms with van der Waals surface area (Å²) in [6.07, 6.45) is 2.70. The van der Waals surface area contributed by atoms with Crippen LogP contribution in [0.5, 0.6) is 0 Å². The molecule has 0 aromatic carbocycles. The van der Waals surface area contributed by atoms with Crippen LogP contribution in [0.1, 0.15) is 40.5 Å². The first-order valence-electron chi connectivity index (χ1n) is 6.74. The Labute approximate surface area is 99.2 Å². The quantitative estimate of drug-likeness (QED) is 0.617. The van der Waals surface area contributed by atoms with Gasteiger partial charge < -0.3 is 4.65 Å². The number of hydrogen-bond donors (Lipinski definition) is 1. The molecule has 0 amide bonds. The molecule has 0 fully saturated rings. The van der Waals surface area contributed by atoms with Crippen molar-refractivity contribution in [3.63, 3.8) is 0 Å². The van der Waals surface area contributed by atoms with Crippen LogP contribution in [0.2, 0.25) is 37.3 Å². The van der Waals surface area contributed by atoms with Crippen molar-refractivity contribution in [1.29, 1.82) is 0 Å². The van der Waals surface area contributed by atoms with Crippen LogP contribution < -0.4 is 4.65 Å². The molecule has 0 radical (unpaired) electrons. The lowest BCUT2D eigenvalue weighted by atomic mass is 10.6. The molecular formula is C12H31NSi2. The molecule has 15 heavy (non-hydrogen) atoms. The normalized spacial score (nSPS) is 19.6. The van der Waals surface area contributed by atoms with Gasteiger partial charge in [0.25, 0.3) is 0 Å². The molecule has 0 rings (SSSR count). The zero-order valence-corrected chi connectivity index (χ0v) is 13.7. The predicted molar refractivity (Wildman–Crippen MR) is 77.5 cm³/mol. The van der Waals surface area contributed by atoms with E-state index in [1.165, 1.54) is 37.0 Å². The van der Waals surface area contributed by atoms with Crippen molar-refractivity contribution in [3.05, 3.63) is 0 Å². The van der Waals surface area contributed by atoms with E-state index in [9.17, 15) is 0 Å². The second-order valence-electron chi connectivity index (χ2n) is 5.45. The molecule has 0 spiro atoms. The number of hydrogen-bond acceptors (Lipinski definition) is 1. The van der Waals surface area contributed by atoms with Crippen molar-refractivity contribution >= 4 is 16.5 Å². The summed E-state index contributed by atoms with van der Waals surface area (Å²) in [5, 5.41) is 0. The van der Waals surface area contributed by atoms with Gasteiger partial charge >= 0.3 is 0 Å². The van der Waals surface area contributed by atoms with E-state index >= 15 is 0 Å². The maximum Gasteiger partial charge on any atom is 0.115 e. The average molecular weight is 246 g/mol. The van der Waals surface area contributed by atoms with Crippen molar-refractivity contribution in [3.8, 4) is 0 Å². The van der Waals surface area contributed by atoms with Crippen molar-refractivity contribution in [2.45, 2.75) is 77.8 Å². The highest BCUT2D eigenvalue weighted by Crippen LogP contribution is 2.22. The topological polar surface area (TPSA) is 12.0 Å². The SMILES string of the molecule is CCC[Si](C)(CC)N[Si](C)(CC)CCC. The Morgan fingerprint density at radius 3 is 1.27 bits per heavy atom. The minimum Gasteiger partial charge on any atom is -0.359 e. The highest BCUT2D eigenvalue weighted by Gasteiger charge is 2.33. The number of rotatable bonds is 8. The Morgan fingerprint density at radius 1 is 0.733 bits per heavy atom. The molecule has 2 atom stereocenters. The second kappa shape index (κ2) is 6.87. The van der Waals surface area contributed by atoms with Gasteiger partial charge in [-0.2, -0.15) is 0 Å². The Morgan fingerprint density at radius 2 is 1.07 bits per heavy atom. The van der Waals surface area contributed by atoms with Gasteiger partial charge in [-0.05, 0) is 24.2 Å². The van der Waals surface area contributed by atoms with Gasteiger partial charge in [0.1, 0.15) is 16.5 Å². The fourth-order valence-corrected chi connectivity index (χ4v) is 13.6. The molecule has 3 heteroatoms. The molecule has 0 aliphatic heterocycles. The van der Waals surface area contributed by atoms with Crippen LogP contribution in [0.25, 0.3) is 0 Å². The first-order chi connectivity index (χ1) is 6.95. The Balaban J connectivity index is 4.47. The first-order valence-corrected chi connectivity index (χ1v) is 12.6. The largest absolute Gasteiger partial charge is 0.359 e. The average Bonchev–Trinajstić information content (AvgIpc) is 2.18. The molecule has 92 valence electrons. The zero-order chi connectivity index (χ0) is 11.9. The van der Waals surface area contributed by atoms with Crippen LogP contribution in [0, 0.1) is 0 Å². The van der Waals surface area contributed by atoms with Gasteiger partial charge in [0.05, 0.1) is 0 Å². The molecule has 2 unspecified atom stereocenters. The van der Waals surface area contributed by atoms with Crippen LogP contribution in [0.15, 0.2) is 0 Å². The van der Waals surface area contributed by atoms with Gasteiger partial charge in [0.15, 0.2) is 0 Å². The third kappa shape index (κ3) is 5.32. The molecule has 0 aliphatic carbocycles. The summed E-state index contributed by atoms with van der Waals surface area (Å²) in [6, 6.07) is 5.70. The van der Waals surface area contributed by atoms with Gasteiger partial charge in [0, 0.05) is 0 Å². The third-order valence-corrected chi connectivity index (χ3v) is 14.9. The van der Waals surface area contributed by atoms with Crippen LogP contribution in [0.4, 0.5) is 0 Å². The maximum absolute atomic E-state index is 4.19. The summed E-state index contributed by atoms with van der Waals surface area (Å²) in [7, 11) is -2.21. The highest BCUT2D eigenvalue weighted by atomic mass is 28.4. The van der Waals surface area contributed by atoms with E-state index in [0.29, 0.717) is 0 Å². The molecular weight excluding hydrogens is 214 g/mol. The van der Waals surface area contributed by atoms with E-state index in [1.807, 2.05) is 0 Å². The van der Waals surface area contributed by atoms with E-state index in [4.69, 9.17) is 0 Å². The summed E-state index contributed by atoms with van der Waals surface area (Å²) < 4.78 is 4.19. The van der Waals surface area contributed by atoms with Crippen molar-refractivity contribution in [2.75, 3.05) is 0 Å². The molecule has 0 bridgehead atoms. The van der Waals surface area contributed by atoms with Crippen LogP contribution in [-0.2, 0) is 0 Å². The summed E-state index contributed by atoms with van der Waals surface area (Å²) >= 11 is 0. The Kier molecular flexibility index (Phi) is 7.05. The fourth-order valence-electron chi connectivity index (χ4n) is 2.49. The fraction of sp³-hybridized carbons (Fsp3) is 1.00. The maximum atomic E-state index is 4.19. The smallest absolute Gasteiger partial charge is 0.115 e. The van der Waals surface area contributed by atoms with Crippen molar-refractivity contribution in [1.82, 2.24) is 4.65 Å². The summed E-state index contributed by atoms with van der Waals surface area (Å²) in [5.74, 6) is 0. The highest BCUT2D eigenvalue weighted by molar-refractivity contribution is 6.92. The second-order valence-corrected chi connectivity index (χ2v) is 15.1.